The number of non-ortho nitro benzene ring substituents is 1. The fourth-order valence-electron chi connectivity index (χ4n) is 1.88. The van der Waals surface area contributed by atoms with Gasteiger partial charge in [-0.1, -0.05) is 18.2 Å². The van der Waals surface area contributed by atoms with Crippen LogP contribution in [0.5, 0.6) is 5.75 Å². The van der Waals surface area contributed by atoms with Crippen molar-refractivity contribution in [3.63, 3.8) is 0 Å². The summed E-state index contributed by atoms with van der Waals surface area (Å²) in [5.74, 6) is 0.0713. The molecule has 0 heterocycles. The van der Waals surface area contributed by atoms with Crippen molar-refractivity contribution in [1.82, 2.24) is 0 Å². The molecule has 0 unspecified atom stereocenters. The zero-order chi connectivity index (χ0) is 17.7. The predicted molar refractivity (Wildman–Crippen MR) is 83.5 cm³/mol. The number of hydrogen-bond acceptors (Lipinski definition) is 7. The molecule has 0 aromatic heterocycles. The highest BCUT2D eigenvalue weighted by atomic mass is 32.2. The number of hydrogen-bond donors (Lipinski definition) is 0. The van der Waals surface area contributed by atoms with Crippen molar-refractivity contribution in [2.24, 2.45) is 0 Å². The smallest absolute Gasteiger partial charge is 0.429 e. The van der Waals surface area contributed by atoms with E-state index < -0.39 is 20.9 Å². The van der Waals surface area contributed by atoms with E-state index in [4.69, 9.17) is 9.47 Å². The van der Waals surface area contributed by atoms with Crippen LogP contribution in [0.3, 0.4) is 0 Å². The Bertz CT molecular complexity index is 860. The van der Waals surface area contributed by atoms with Crippen LogP contribution in [0, 0.1) is 10.1 Å². The third-order valence-electron chi connectivity index (χ3n) is 2.97. The Morgan fingerprint density at radius 3 is 2.33 bits per heavy atom. The van der Waals surface area contributed by atoms with Crippen LogP contribution >= 0.6 is 0 Å². The number of nitrogens with zero attached hydrogens (tertiary/aromatic N) is 1. The van der Waals surface area contributed by atoms with E-state index in [1.807, 2.05) is 0 Å². The van der Waals surface area contributed by atoms with Crippen LogP contribution in [0.15, 0.2) is 53.4 Å². The van der Waals surface area contributed by atoms with Crippen LogP contribution in [-0.2, 0) is 21.2 Å². The van der Waals surface area contributed by atoms with Crippen molar-refractivity contribution in [2.75, 3.05) is 6.26 Å². The third kappa shape index (κ3) is 4.53. The topological polar surface area (TPSA) is 113 Å². The first kappa shape index (κ1) is 17.4. The van der Waals surface area contributed by atoms with E-state index in [0.29, 0.717) is 5.56 Å². The van der Waals surface area contributed by atoms with Crippen molar-refractivity contribution in [3.8, 4) is 5.75 Å². The molecule has 0 amide bonds. The second kappa shape index (κ2) is 7.09. The minimum Gasteiger partial charge on any atom is -0.429 e. The molecule has 126 valence electrons. The predicted octanol–water partition coefficient (Wildman–Crippen LogP) is 2.71. The van der Waals surface area contributed by atoms with Gasteiger partial charge in [-0.05, 0) is 18.2 Å². The van der Waals surface area contributed by atoms with E-state index in [1.54, 1.807) is 12.1 Å². The molecular weight excluding hydrogens is 338 g/mol. The first-order chi connectivity index (χ1) is 11.3. The van der Waals surface area contributed by atoms with Gasteiger partial charge in [0.2, 0.25) is 0 Å². The number of carbonyl (C=O) groups is 1. The molecule has 0 N–H and O–H groups in total. The Labute approximate surface area is 137 Å². The Hall–Kier alpha value is -2.94. The monoisotopic (exact) mass is 351 g/mol. The third-order valence-corrected chi connectivity index (χ3v) is 4.16. The molecule has 2 rings (SSSR count). The summed E-state index contributed by atoms with van der Waals surface area (Å²) in [6.45, 7) is -0.283. The van der Waals surface area contributed by atoms with Crippen LogP contribution < -0.4 is 4.74 Å². The Balaban J connectivity index is 2.00. The van der Waals surface area contributed by atoms with Crippen LogP contribution in [0.25, 0.3) is 0 Å². The first-order valence-corrected chi connectivity index (χ1v) is 8.53. The molecule has 0 spiro atoms. The summed E-state index contributed by atoms with van der Waals surface area (Å²) in [5, 5.41) is 10.5. The van der Waals surface area contributed by atoms with Crippen LogP contribution in [0.2, 0.25) is 0 Å². The average molecular weight is 351 g/mol. The number of nitro groups is 1. The van der Waals surface area contributed by atoms with Crippen molar-refractivity contribution < 1.29 is 27.6 Å². The summed E-state index contributed by atoms with van der Waals surface area (Å²) < 4.78 is 33.0. The highest BCUT2D eigenvalue weighted by molar-refractivity contribution is 7.90. The number of rotatable bonds is 5. The summed E-state index contributed by atoms with van der Waals surface area (Å²) in [5.41, 5.74) is 0.179. The van der Waals surface area contributed by atoms with Gasteiger partial charge in [0.05, 0.1) is 9.82 Å². The molecule has 2 aromatic carbocycles. The Morgan fingerprint density at radius 1 is 1.12 bits per heavy atom. The molecule has 0 atom stereocenters. The zero-order valence-electron chi connectivity index (χ0n) is 12.5. The molecule has 8 nitrogen and oxygen atoms in total. The van der Waals surface area contributed by atoms with Crippen LogP contribution in [-0.4, -0.2) is 25.8 Å². The van der Waals surface area contributed by atoms with E-state index in [9.17, 15) is 23.3 Å². The molecule has 24 heavy (non-hydrogen) atoms. The zero-order valence-corrected chi connectivity index (χ0v) is 13.4. The summed E-state index contributed by atoms with van der Waals surface area (Å²) in [7, 11) is -3.45. The largest absolute Gasteiger partial charge is 0.514 e. The summed E-state index contributed by atoms with van der Waals surface area (Å²) in [4.78, 5) is 21.7. The minimum atomic E-state index is -3.45. The molecule has 0 radical (unpaired) electrons. The molecule has 0 saturated heterocycles. The lowest BCUT2D eigenvalue weighted by atomic mass is 10.2. The van der Waals surface area contributed by atoms with E-state index in [-0.39, 0.29) is 22.9 Å². The maximum atomic E-state index is 11.6. The average Bonchev–Trinajstić information content (AvgIpc) is 2.53. The summed E-state index contributed by atoms with van der Waals surface area (Å²) >= 11 is 0. The van der Waals surface area contributed by atoms with Crippen molar-refractivity contribution >= 4 is 21.7 Å². The molecule has 0 aliphatic heterocycles. The second-order valence-electron chi connectivity index (χ2n) is 4.77. The lowest BCUT2D eigenvalue weighted by molar-refractivity contribution is -0.384. The lowest BCUT2D eigenvalue weighted by Crippen LogP contribution is -2.12. The van der Waals surface area contributed by atoms with Gasteiger partial charge in [0.15, 0.2) is 9.84 Å². The molecule has 0 aliphatic rings. The number of ether oxygens (including phenoxy) is 2. The van der Waals surface area contributed by atoms with Crippen molar-refractivity contribution in [3.05, 3.63) is 64.2 Å². The number of sulfone groups is 1. The number of nitro benzene ring substituents is 1. The van der Waals surface area contributed by atoms with Gasteiger partial charge in [-0.3, -0.25) is 10.1 Å². The molecule has 9 heteroatoms. The highest BCUT2D eigenvalue weighted by Gasteiger charge is 2.15. The van der Waals surface area contributed by atoms with Gasteiger partial charge in [-0.2, -0.15) is 0 Å². The molecule has 0 saturated carbocycles. The molecule has 2 aromatic rings. The Morgan fingerprint density at radius 2 is 1.75 bits per heavy atom. The number of carbonyl (C=O) groups excluding carboxylic acids is 1. The van der Waals surface area contributed by atoms with E-state index in [1.165, 1.54) is 36.4 Å². The van der Waals surface area contributed by atoms with Gasteiger partial charge in [-0.25, -0.2) is 13.2 Å². The highest BCUT2D eigenvalue weighted by Crippen LogP contribution is 2.19. The van der Waals surface area contributed by atoms with Crippen LogP contribution in [0.1, 0.15) is 5.56 Å². The lowest BCUT2D eigenvalue weighted by Gasteiger charge is -2.09. The fourth-order valence-corrected chi connectivity index (χ4v) is 2.81. The van der Waals surface area contributed by atoms with Crippen molar-refractivity contribution in [1.29, 1.82) is 0 Å². The molecule has 0 fully saturated rings. The molecule has 0 aliphatic carbocycles. The van der Waals surface area contributed by atoms with E-state index >= 15 is 0 Å². The standard InChI is InChI=1S/C15H13NO7S/c1-24(20,21)14-5-3-2-4-11(14)10-22-15(17)23-13-8-6-12(7-9-13)16(18)19/h2-9H,10H2,1H3. The first-order valence-electron chi connectivity index (χ1n) is 6.64. The van der Waals surface area contributed by atoms with Crippen molar-refractivity contribution in [2.45, 2.75) is 11.5 Å². The quantitative estimate of drug-likeness (QED) is 0.352. The summed E-state index contributed by atoms with van der Waals surface area (Å²) in [6.07, 6.45) is 0.00765. The van der Waals surface area contributed by atoms with E-state index in [0.717, 1.165) is 6.26 Å². The van der Waals surface area contributed by atoms with Gasteiger partial charge in [0.1, 0.15) is 12.4 Å². The SMILES string of the molecule is CS(=O)(=O)c1ccccc1COC(=O)Oc1ccc([N+](=O)[O-])cc1. The van der Waals surface area contributed by atoms with Gasteiger partial charge in [-0.15, -0.1) is 0 Å². The minimum absolute atomic E-state index is 0.0631. The fraction of sp³-hybridized carbons (Fsp3) is 0.133. The normalized spacial score (nSPS) is 10.9. The second-order valence-corrected chi connectivity index (χ2v) is 6.76. The van der Waals surface area contributed by atoms with Crippen LogP contribution in [0.4, 0.5) is 10.5 Å². The van der Waals surface area contributed by atoms with Gasteiger partial charge in [0.25, 0.3) is 5.69 Å². The van der Waals surface area contributed by atoms with E-state index in [2.05, 4.69) is 0 Å². The number of benzene rings is 2. The molecule has 0 bridgehead atoms. The maximum Gasteiger partial charge on any atom is 0.514 e. The Kier molecular flexibility index (Phi) is 5.14. The summed E-state index contributed by atoms with van der Waals surface area (Å²) in [6, 6.07) is 11.0. The molecular formula is C15H13NO7S. The van der Waals surface area contributed by atoms with Gasteiger partial charge >= 0.3 is 6.16 Å². The van der Waals surface area contributed by atoms with Gasteiger partial charge in [0, 0.05) is 24.0 Å². The van der Waals surface area contributed by atoms with Gasteiger partial charge < -0.3 is 9.47 Å². The maximum absolute atomic E-state index is 11.6.